The summed E-state index contributed by atoms with van der Waals surface area (Å²) in [6, 6.07) is -0.120. The Bertz CT molecular complexity index is 385. The van der Waals surface area contributed by atoms with Crippen LogP contribution in [0.3, 0.4) is 0 Å². The Morgan fingerprint density at radius 1 is 1.65 bits per heavy atom. The van der Waals surface area contributed by atoms with Crippen molar-refractivity contribution in [3.8, 4) is 0 Å². The topological polar surface area (TPSA) is 68.0 Å². The van der Waals surface area contributed by atoms with Crippen molar-refractivity contribution in [1.82, 2.24) is 10.3 Å². The first-order valence-electron chi connectivity index (χ1n) is 5.89. The average Bonchev–Trinajstić information content (AvgIpc) is 2.64. The SMILES string of the molecule is CCCC(C)(C)NC(=O)c1csc(C(C)N)n1. The zero-order valence-electron chi connectivity index (χ0n) is 10.9. The van der Waals surface area contributed by atoms with Gasteiger partial charge in [0.25, 0.3) is 5.91 Å². The Morgan fingerprint density at radius 3 is 2.76 bits per heavy atom. The molecule has 1 heterocycles. The zero-order chi connectivity index (χ0) is 13.1. The molecule has 1 rings (SSSR count). The minimum absolute atomic E-state index is 0.119. The molecule has 0 aromatic carbocycles. The number of nitrogens with two attached hydrogens (primary N) is 1. The van der Waals surface area contributed by atoms with Crippen molar-refractivity contribution in [2.75, 3.05) is 0 Å². The van der Waals surface area contributed by atoms with Gasteiger partial charge in [-0.25, -0.2) is 4.98 Å². The highest BCUT2D eigenvalue weighted by Crippen LogP contribution is 2.17. The van der Waals surface area contributed by atoms with Crippen molar-refractivity contribution >= 4 is 17.2 Å². The monoisotopic (exact) mass is 255 g/mol. The Balaban J connectivity index is 2.69. The first-order chi connectivity index (χ1) is 7.85. The third-order valence-electron chi connectivity index (χ3n) is 2.47. The second-order valence-electron chi connectivity index (χ2n) is 4.95. The Morgan fingerprint density at radius 2 is 2.29 bits per heavy atom. The van der Waals surface area contributed by atoms with Crippen LogP contribution in [-0.4, -0.2) is 16.4 Å². The minimum Gasteiger partial charge on any atom is -0.346 e. The molecule has 5 heteroatoms. The summed E-state index contributed by atoms with van der Waals surface area (Å²) in [6.45, 7) is 8.01. The van der Waals surface area contributed by atoms with Crippen LogP contribution in [0.5, 0.6) is 0 Å². The van der Waals surface area contributed by atoms with E-state index in [1.54, 1.807) is 5.38 Å². The molecule has 1 atom stereocenters. The van der Waals surface area contributed by atoms with Crippen LogP contribution in [0.1, 0.15) is 62.1 Å². The molecule has 0 aliphatic rings. The van der Waals surface area contributed by atoms with Gasteiger partial charge in [0.15, 0.2) is 0 Å². The predicted octanol–water partition coefficient (Wildman–Crippen LogP) is 2.47. The highest BCUT2D eigenvalue weighted by Gasteiger charge is 2.21. The van der Waals surface area contributed by atoms with Crippen molar-refractivity contribution in [3.63, 3.8) is 0 Å². The van der Waals surface area contributed by atoms with Gasteiger partial charge in [0, 0.05) is 10.9 Å². The van der Waals surface area contributed by atoms with Crippen molar-refractivity contribution in [1.29, 1.82) is 0 Å². The van der Waals surface area contributed by atoms with Gasteiger partial charge >= 0.3 is 0 Å². The second kappa shape index (κ2) is 5.60. The maximum absolute atomic E-state index is 12.0. The zero-order valence-corrected chi connectivity index (χ0v) is 11.7. The molecule has 1 unspecified atom stereocenters. The normalized spacial score (nSPS) is 13.5. The maximum atomic E-state index is 12.0. The highest BCUT2D eigenvalue weighted by atomic mass is 32.1. The third kappa shape index (κ3) is 4.09. The standard InChI is InChI=1S/C12H21N3OS/c1-5-6-12(3,4)15-10(16)9-7-17-11(14-9)8(2)13/h7-8H,5-6,13H2,1-4H3,(H,15,16). The molecular weight excluding hydrogens is 234 g/mol. The van der Waals surface area contributed by atoms with Crippen molar-refractivity contribution < 1.29 is 4.79 Å². The van der Waals surface area contributed by atoms with Crippen LogP contribution in [-0.2, 0) is 0 Å². The van der Waals surface area contributed by atoms with Crippen molar-refractivity contribution in [2.24, 2.45) is 5.73 Å². The molecule has 0 aliphatic carbocycles. The Labute approximate surface area is 107 Å². The van der Waals surface area contributed by atoms with Gasteiger partial charge in [-0.2, -0.15) is 0 Å². The first-order valence-corrected chi connectivity index (χ1v) is 6.77. The number of carbonyl (C=O) groups is 1. The molecule has 3 N–H and O–H groups in total. The molecule has 0 bridgehead atoms. The van der Waals surface area contributed by atoms with Gasteiger partial charge in [-0.1, -0.05) is 13.3 Å². The summed E-state index contributed by atoms with van der Waals surface area (Å²) >= 11 is 1.43. The number of hydrogen-bond donors (Lipinski definition) is 2. The summed E-state index contributed by atoms with van der Waals surface area (Å²) in [5.41, 5.74) is 5.99. The summed E-state index contributed by atoms with van der Waals surface area (Å²) in [6.07, 6.45) is 1.98. The van der Waals surface area contributed by atoms with E-state index in [0.717, 1.165) is 17.8 Å². The van der Waals surface area contributed by atoms with E-state index in [1.165, 1.54) is 11.3 Å². The number of thiazole rings is 1. The van der Waals surface area contributed by atoms with Crippen LogP contribution in [0.25, 0.3) is 0 Å². The van der Waals surface area contributed by atoms with Gasteiger partial charge in [0.1, 0.15) is 10.7 Å². The minimum atomic E-state index is -0.191. The van der Waals surface area contributed by atoms with Gasteiger partial charge in [-0.05, 0) is 27.2 Å². The fraction of sp³-hybridized carbons (Fsp3) is 0.667. The molecule has 0 saturated heterocycles. The Kier molecular flexibility index (Phi) is 4.65. The second-order valence-corrected chi connectivity index (χ2v) is 5.84. The van der Waals surface area contributed by atoms with E-state index in [2.05, 4.69) is 17.2 Å². The number of carbonyl (C=O) groups excluding carboxylic acids is 1. The van der Waals surface area contributed by atoms with Crippen LogP contribution in [0.2, 0.25) is 0 Å². The molecule has 1 aromatic heterocycles. The van der Waals surface area contributed by atoms with Crippen LogP contribution in [0.4, 0.5) is 0 Å². The van der Waals surface area contributed by atoms with Crippen molar-refractivity contribution in [2.45, 2.75) is 52.1 Å². The molecule has 0 aliphatic heterocycles. The van der Waals surface area contributed by atoms with E-state index in [1.807, 2.05) is 20.8 Å². The summed E-state index contributed by atoms with van der Waals surface area (Å²) < 4.78 is 0. The van der Waals surface area contributed by atoms with E-state index in [4.69, 9.17) is 5.73 Å². The number of amides is 1. The lowest BCUT2D eigenvalue weighted by Crippen LogP contribution is -2.43. The molecule has 1 aromatic rings. The van der Waals surface area contributed by atoms with E-state index in [9.17, 15) is 4.79 Å². The van der Waals surface area contributed by atoms with Crippen LogP contribution in [0, 0.1) is 0 Å². The molecule has 1 amide bonds. The number of rotatable bonds is 5. The van der Waals surface area contributed by atoms with Gasteiger partial charge in [-0.3, -0.25) is 4.79 Å². The van der Waals surface area contributed by atoms with E-state index < -0.39 is 0 Å². The highest BCUT2D eigenvalue weighted by molar-refractivity contribution is 7.09. The summed E-state index contributed by atoms with van der Waals surface area (Å²) in [5, 5.41) is 5.54. The van der Waals surface area contributed by atoms with Crippen LogP contribution < -0.4 is 11.1 Å². The number of hydrogen-bond acceptors (Lipinski definition) is 4. The van der Waals surface area contributed by atoms with Crippen molar-refractivity contribution in [3.05, 3.63) is 16.1 Å². The van der Waals surface area contributed by atoms with E-state index in [0.29, 0.717) is 5.69 Å². The summed E-state index contributed by atoms with van der Waals surface area (Å²) in [7, 11) is 0. The number of aromatic nitrogens is 1. The average molecular weight is 255 g/mol. The lowest BCUT2D eigenvalue weighted by molar-refractivity contribution is 0.0904. The molecular formula is C12H21N3OS. The fourth-order valence-electron chi connectivity index (χ4n) is 1.66. The first kappa shape index (κ1) is 14.1. The lowest BCUT2D eigenvalue weighted by Gasteiger charge is -2.25. The smallest absolute Gasteiger partial charge is 0.271 e. The fourth-order valence-corrected chi connectivity index (χ4v) is 2.42. The lowest BCUT2D eigenvalue weighted by atomic mass is 9.99. The molecule has 96 valence electrons. The molecule has 0 spiro atoms. The van der Waals surface area contributed by atoms with Gasteiger partial charge in [0.2, 0.25) is 0 Å². The summed E-state index contributed by atoms with van der Waals surface area (Å²) in [5.74, 6) is -0.119. The van der Waals surface area contributed by atoms with Gasteiger partial charge in [0.05, 0.1) is 6.04 Å². The van der Waals surface area contributed by atoms with Gasteiger partial charge in [-0.15, -0.1) is 11.3 Å². The Hall–Kier alpha value is -0.940. The largest absolute Gasteiger partial charge is 0.346 e. The molecule has 0 fully saturated rings. The molecule has 0 saturated carbocycles. The van der Waals surface area contributed by atoms with E-state index in [-0.39, 0.29) is 17.5 Å². The predicted molar refractivity (Wildman–Crippen MR) is 71.2 cm³/mol. The summed E-state index contributed by atoms with van der Waals surface area (Å²) in [4.78, 5) is 16.2. The van der Waals surface area contributed by atoms with Crippen LogP contribution in [0.15, 0.2) is 5.38 Å². The quantitative estimate of drug-likeness (QED) is 0.849. The number of nitrogens with one attached hydrogen (secondary N) is 1. The molecule has 17 heavy (non-hydrogen) atoms. The molecule has 0 radical (unpaired) electrons. The molecule has 4 nitrogen and oxygen atoms in total. The number of nitrogens with zero attached hydrogens (tertiary/aromatic N) is 1. The van der Waals surface area contributed by atoms with Crippen LogP contribution >= 0.6 is 11.3 Å². The van der Waals surface area contributed by atoms with E-state index >= 15 is 0 Å². The third-order valence-corrected chi connectivity index (χ3v) is 3.52. The maximum Gasteiger partial charge on any atom is 0.271 e. The van der Waals surface area contributed by atoms with Gasteiger partial charge < -0.3 is 11.1 Å².